The highest BCUT2D eigenvalue weighted by Gasteiger charge is 2.40. The summed E-state index contributed by atoms with van der Waals surface area (Å²) in [5.74, 6) is 0.887. The molecule has 0 bridgehead atoms. The van der Waals surface area contributed by atoms with Crippen molar-refractivity contribution in [3.05, 3.63) is 29.8 Å². The van der Waals surface area contributed by atoms with E-state index in [-0.39, 0.29) is 29.6 Å². The Bertz CT molecular complexity index is 529. The number of rotatable bonds is 5. The number of aliphatic hydroxyl groups excluding tert-OH is 1. The number of aromatic hydroxyl groups is 1. The van der Waals surface area contributed by atoms with E-state index in [9.17, 15) is 15.0 Å². The topological polar surface area (TPSA) is 69.6 Å². The highest BCUT2D eigenvalue weighted by atomic mass is 16.3. The van der Waals surface area contributed by atoms with Gasteiger partial charge in [0, 0.05) is 12.5 Å². The first-order valence-corrected chi connectivity index (χ1v) is 8.62. The smallest absolute Gasteiger partial charge is 0.223 e. The number of carbonyl (C=O) groups excluding carboxylic acids is 1. The molecule has 1 aromatic carbocycles. The van der Waals surface area contributed by atoms with Crippen LogP contribution < -0.4 is 5.32 Å². The second kappa shape index (κ2) is 7.82. The van der Waals surface area contributed by atoms with Crippen molar-refractivity contribution in [2.75, 3.05) is 6.54 Å². The predicted molar refractivity (Wildman–Crippen MR) is 91.0 cm³/mol. The fraction of sp³-hybridized carbons (Fsp3) is 0.632. The zero-order valence-corrected chi connectivity index (χ0v) is 14.3. The van der Waals surface area contributed by atoms with E-state index in [4.69, 9.17) is 0 Å². The largest absolute Gasteiger partial charge is 0.508 e. The maximum absolute atomic E-state index is 12.6. The van der Waals surface area contributed by atoms with Crippen molar-refractivity contribution < 1.29 is 15.0 Å². The monoisotopic (exact) mass is 319 g/mol. The van der Waals surface area contributed by atoms with E-state index < -0.39 is 0 Å². The van der Waals surface area contributed by atoms with Gasteiger partial charge in [0.1, 0.15) is 5.75 Å². The maximum Gasteiger partial charge on any atom is 0.223 e. The summed E-state index contributed by atoms with van der Waals surface area (Å²) in [6, 6.07) is 7.10. The molecule has 1 saturated carbocycles. The van der Waals surface area contributed by atoms with Crippen LogP contribution in [-0.4, -0.2) is 28.8 Å². The lowest BCUT2D eigenvalue weighted by atomic mass is 9.68. The van der Waals surface area contributed by atoms with E-state index in [0.29, 0.717) is 24.8 Å². The Morgan fingerprint density at radius 2 is 2.09 bits per heavy atom. The minimum absolute atomic E-state index is 0.0342. The summed E-state index contributed by atoms with van der Waals surface area (Å²) in [6.07, 6.45) is 1.94. The molecule has 128 valence electrons. The van der Waals surface area contributed by atoms with Crippen molar-refractivity contribution >= 4 is 5.91 Å². The quantitative estimate of drug-likeness (QED) is 0.781. The summed E-state index contributed by atoms with van der Waals surface area (Å²) >= 11 is 0. The number of hydrogen-bond acceptors (Lipinski definition) is 3. The molecule has 0 radical (unpaired) electrons. The van der Waals surface area contributed by atoms with Crippen molar-refractivity contribution in [3.63, 3.8) is 0 Å². The molecule has 0 spiro atoms. The number of aliphatic hydroxyl groups is 1. The van der Waals surface area contributed by atoms with E-state index in [0.717, 1.165) is 18.4 Å². The molecule has 1 aliphatic carbocycles. The Balaban J connectivity index is 1.92. The zero-order chi connectivity index (χ0) is 17.0. The molecule has 1 aromatic rings. The molecule has 0 saturated heterocycles. The maximum atomic E-state index is 12.6. The van der Waals surface area contributed by atoms with Crippen LogP contribution in [0.4, 0.5) is 0 Å². The van der Waals surface area contributed by atoms with Gasteiger partial charge >= 0.3 is 0 Å². The van der Waals surface area contributed by atoms with E-state index in [1.165, 1.54) is 0 Å². The van der Waals surface area contributed by atoms with Gasteiger partial charge in [-0.3, -0.25) is 4.79 Å². The predicted octanol–water partition coefficient (Wildman–Crippen LogP) is 2.73. The average molecular weight is 319 g/mol. The number of nitrogens with one attached hydrogen (secondary N) is 1. The molecule has 1 fully saturated rings. The SMILES string of the molecule is CC(C)[C@@H]1C(O)C[C@H](C)C[C@@H]1C(=O)NCCc1cccc(O)c1. The lowest BCUT2D eigenvalue weighted by Crippen LogP contribution is -2.46. The molecule has 0 aliphatic heterocycles. The molecule has 4 nitrogen and oxygen atoms in total. The third-order valence-corrected chi connectivity index (χ3v) is 4.94. The van der Waals surface area contributed by atoms with Gasteiger partial charge in [0.2, 0.25) is 5.91 Å². The number of hydrogen-bond donors (Lipinski definition) is 3. The molecule has 4 atom stereocenters. The number of phenols is 1. The molecule has 2 rings (SSSR count). The summed E-state index contributed by atoms with van der Waals surface area (Å²) in [5, 5.41) is 22.8. The third-order valence-electron chi connectivity index (χ3n) is 4.94. The van der Waals surface area contributed by atoms with Gasteiger partial charge < -0.3 is 15.5 Å². The molecule has 3 N–H and O–H groups in total. The van der Waals surface area contributed by atoms with Crippen molar-refractivity contribution in [1.82, 2.24) is 5.32 Å². The summed E-state index contributed by atoms with van der Waals surface area (Å²) in [7, 11) is 0. The molecular formula is C19H29NO3. The lowest BCUT2D eigenvalue weighted by Gasteiger charge is -2.40. The van der Waals surface area contributed by atoms with E-state index >= 15 is 0 Å². The van der Waals surface area contributed by atoms with Gasteiger partial charge in [0.05, 0.1) is 6.10 Å². The molecular weight excluding hydrogens is 290 g/mol. The number of amides is 1. The van der Waals surface area contributed by atoms with Crippen LogP contribution in [0.3, 0.4) is 0 Å². The van der Waals surface area contributed by atoms with Crippen LogP contribution in [0.25, 0.3) is 0 Å². The van der Waals surface area contributed by atoms with Gasteiger partial charge in [0.15, 0.2) is 0 Å². The Morgan fingerprint density at radius 3 is 2.74 bits per heavy atom. The average Bonchev–Trinajstić information content (AvgIpc) is 2.45. The number of benzene rings is 1. The summed E-state index contributed by atoms with van der Waals surface area (Å²) in [6.45, 7) is 6.81. The zero-order valence-electron chi connectivity index (χ0n) is 14.3. The van der Waals surface area contributed by atoms with Crippen LogP contribution in [-0.2, 0) is 11.2 Å². The third kappa shape index (κ3) is 4.71. The van der Waals surface area contributed by atoms with E-state index in [2.05, 4.69) is 26.1 Å². The molecule has 4 heteroatoms. The van der Waals surface area contributed by atoms with Gasteiger partial charge in [-0.15, -0.1) is 0 Å². The fourth-order valence-corrected chi connectivity index (χ4v) is 3.89. The van der Waals surface area contributed by atoms with Gasteiger partial charge in [0.25, 0.3) is 0 Å². The van der Waals surface area contributed by atoms with Crippen molar-refractivity contribution in [3.8, 4) is 5.75 Å². The van der Waals surface area contributed by atoms with E-state index in [1.54, 1.807) is 18.2 Å². The molecule has 1 amide bonds. The Kier molecular flexibility index (Phi) is 6.05. The Labute approximate surface area is 138 Å². The van der Waals surface area contributed by atoms with Gasteiger partial charge in [-0.2, -0.15) is 0 Å². The van der Waals surface area contributed by atoms with Crippen LogP contribution in [0.1, 0.15) is 39.2 Å². The normalized spacial score (nSPS) is 27.9. The van der Waals surface area contributed by atoms with Crippen LogP contribution in [0.5, 0.6) is 5.75 Å². The fourth-order valence-electron chi connectivity index (χ4n) is 3.89. The Hall–Kier alpha value is -1.55. The van der Waals surface area contributed by atoms with E-state index in [1.807, 2.05) is 6.07 Å². The molecule has 23 heavy (non-hydrogen) atoms. The second-order valence-corrected chi connectivity index (χ2v) is 7.28. The first-order chi connectivity index (χ1) is 10.9. The number of phenolic OH excluding ortho intramolecular Hbond substituents is 1. The van der Waals surface area contributed by atoms with Crippen LogP contribution >= 0.6 is 0 Å². The van der Waals surface area contributed by atoms with Crippen LogP contribution in [0.2, 0.25) is 0 Å². The van der Waals surface area contributed by atoms with Gasteiger partial charge in [-0.05, 0) is 54.7 Å². The van der Waals surface area contributed by atoms with Crippen molar-refractivity contribution in [2.24, 2.45) is 23.7 Å². The van der Waals surface area contributed by atoms with Crippen LogP contribution in [0.15, 0.2) is 24.3 Å². The number of carbonyl (C=O) groups is 1. The second-order valence-electron chi connectivity index (χ2n) is 7.28. The lowest BCUT2D eigenvalue weighted by molar-refractivity contribution is -0.133. The highest BCUT2D eigenvalue weighted by Crippen LogP contribution is 2.38. The van der Waals surface area contributed by atoms with Crippen LogP contribution in [0, 0.1) is 23.7 Å². The van der Waals surface area contributed by atoms with Crippen molar-refractivity contribution in [1.29, 1.82) is 0 Å². The first kappa shape index (κ1) is 17.8. The van der Waals surface area contributed by atoms with Gasteiger partial charge in [-0.1, -0.05) is 32.9 Å². The van der Waals surface area contributed by atoms with Crippen molar-refractivity contribution in [2.45, 2.75) is 46.1 Å². The summed E-state index contributed by atoms with van der Waals surface area (Å²) in [4.78, 5) is 12.6. The molecule has 0 aromatic heterocycles. The highest BCUT2D eigenvalue weighted by molar-refractivity contribution is 5.79. The minimum Gasteiger partial charge on any atom is -0.508 e. The van der Waals surface area contributed by atoms with Gasteiger partial charge in [-0.25, -0.2) is 0 Å². The molecule has 0 heterocycles. The summed E-state index contributed by atoms with van der Waals surface area (Å²) in [5.41, 5.74) is 1.00. The molecule has 1 aliphatic rings. The Morgan fingerprint density at radius 1 is 1.35 bits per heavy atom. The molecule has 1 unspecified atom stereocenters. The summed E-state index contributed by atoms with van der Waals surface area (Å²) < 4.78 is 0. The minimum atomic E-state index is -0.388. The first-order valence-electron chi connectivity index (χ1n) is 8.62. The standard InChI is InChI=1S/C19H29NO3/c1-12(2)18-16(9-13(3)10-17(18)22)19(23)20-8-7-14-5-4-6-15(21)11-14/h4-6,11-13,16-18,21-22H,7-10H2,1-3H3,(H,20,23)/t13-,16+,17?,18+/m1/s1.